The maximum absolute atomic E-state index is 5.84. The van der Waals surface area contributed by atoms with E-state index in [2.05, 4.69) is 11.1 Å². The number of benzene rings is 1. The predicted octanol–water partition coefficient (Wildman–Crippen LogP) is 2.96. The summed E-state index contributed by atoms with van der Waals surface area (Å²) in [5.74, 6) is 0.816. The summed E-state index contributed by atoms with van der Waals surface area (Å²) < 4.78 is 10.9. The molecule has 1 aromatic carbocycles. The van der Waals surface area contributed by atoms with Gasteiger partial charge in [0.1, 0.15) is 17.4 Å². The molecule has 2 aromatic rings. The molecule has 0 saturated heterocycles. The zero-order valence-corrected chi connectivity index (χ0v) is 10.4. The van der Waals surface area contributed by atoms with Crippen molar-refractivity contribution in [2.45, 2.75) is 20.0 Å². The van der Waals surface area contributed by atoms with Gasteiger partial charge in [-0.1, -0.05) is 18.2 Å². The van der Waals surface area contributed by atoms with Gasteiger partial charge in [-0.3, -0.25) is 0 Å². The fourth-order valence-corrected chi connectivity index (χ4v) is 1.80. The summed E-state index contributed by atoms with van der Waals surface area (Å²) in [6.07, 6.45) is 0.0212. The Morgan fingerprint density at radius 2 is 2.06 bits per heavy atom. The van der Waals surface area contributed by atoms with Crippen LogP contribution in [0.2, 0.25) is 0 Å². The molecule has 3 nitrogen and oxygen atoms in total. The molecule has 0 aliphatic rings. The number of nitrogens with zero attached hydrogens (tertiary/aromatic N) is 1. The van der Waals surface area contributed by atoms with Crippen molar-refractivity contribution in [1.82, 2.24) is 4.98 Å². The quantitative estimate of drug-likeness (QED) is 0.810. The van der Waals surface area contributed by atoms with E-state index in [0.717, 1.165) is 22.3 Å². The molecule has 0 radical (unpaired) electrons. The first-order valence-electron chi connectivity index (χ1n) is 5.72. The molecule has 0 amide bonds. The molecule has 0 aliphatic carbocycles. The Kier molecular flexibility index (Phi) is 3.59. The van der Waals surface area contributed by atoms with Crippen LogP contribution in [0.15, 0.2) is 30.3 Å². The van der Waals surface area contributed by atoms with E-state index in [1.165, 1.54) is 0 Å². The highest BCUT2D eigenvalue weighted by atomic mass is 16.5. The van der Waals surface area contributed by atoms with Gasteiger partial charge in [0, 0.05) is 18.2 Å². The lowest BCUT2D eigenvalue weighted by molar-refractivity contribution is 0.0929. The summed E-state index contributed by atoms with van der Waals surface area (Å²) >= 11 is 0. The van der Waals surface area contributed by atoms with Crippen LogP contribution in [0.25, 0.3) is 10.9 Å². The number of hydrogen-bond donors (Lipinski definition) is 0. The van der Waals surface area contributed by atoms with E-state index in [1.54, 1.807) is 7.11 Å². The largest absolute Gasteiger partial charge is 0.486 e. The lowest BCUT2D eigenvalue weighted by Crippen LogP contribution is -2.18. The summed E-state index contributed by atoms with van der Waals surface area (Å²) in [5, 5.41) is 1.10. The smallest absolute Gasteiger partial charge is 0.146 e. The van der Waals surface area contributed by atoms with Gasteiger partial charge >= 0.3 is 0 Å². The number of para-hydroxylation sites is 1. The van der Waals surface area contributed by atoms with Gasteiger partial charge in [0.05, 0.1) is 6.61 Å². The molecule has 0 spiro atoms. The van der Waals surface area contributed by atoms with E-state index < -0.39 is 0 Å². The lowest BCUT2D eigenvalue weighted by atomic mass is 10.2. The summed E-state index contributed by atoms with van der Waals surface area (Å²) in [5.41, 5.74) is 1.91. The van der Waals surface area contributed by atoms with Gasteiger partial charge in [0.25, 0.3) is 0 Å². The molecule has 0 bridgehead atoms. The van der Waals surface area contributed by atoms with E-state index in [0.29, 0.717) is 6.61 Å². The van der Waals surface area contributed by atoms with Crippen LogP contribution < -0.4 is 4.74 Å². The Bertz CT molecular complexity index is 511. The fourth-order valence-electron chi connectivity index (χ4n) is 1.80. The molecule has 1 unspecified atom stereocenters. The van der Waals surface area contributed by atoms with Gasteiger partial charge in [-0.25, -0.2) is 4.98 Å². The number of aryl methyl sites for hydroxylation is 1. The molecule has 1 atom stereocenters. The summed E-state index contributed by atoms with van der Waals surface area (Å²) in [4.78, 5) is 4.52. The van der Waals surface area contributed by atoms with Crippen molar-refractivity contribution in [3.8, 4) is 5.75 Å². The third-order valence-electron chi connectivity index (χ3n) is 2.55. The number of pyridine rings is 1. The van der Waals surface area contributed by atoms with E-state index in [1.807, 2.05) is 38.1 Å². The molecule has 0 N–H and O–H groups in total. The maximum atomic E-state index is 5.84. The number of hydrogen-bond acceptors (Lipinski definition) is 3. The van der Waals surface area contributed by atoms with E-state index >= 15 is 0 Å². The number of aromatic nitrogens is 1. The molecule has 90 valence electrons. The Morgan fingerprint density at radius 3 is 2.82 bits per heavy atom. The average molecular weight is 231 g/mol. The van der Waals surface area contributed by atoms with Crippen molar-refractivity contribution in [2.24, 2.45) is 0 Å². The minimum atomic E-state index is 0.0212. The molecule has 17 heavy (non-hydrogen) atoms. The highest BCUT2D eigenvalue weighted by Crippen LogP contribution is 2.24. The summed E-state index contributed by atoms with van der Waals surface area (Å²) in [7, 11) is 1.67. The van der Waals surface area contributed by atoms with Crippen molar-refractivity contribution in [2.75, 3.05) is 13.7 Å². The second-order valence-electron chi connectivity index (χ2n) is 4.16. The van der Waals surface area contributed by atoms with Crippen molar-refractivity contribution in [1.29, 1.82) is 0 Å². The number of fused-ring (bicyclic) bond motifs is 1. The predicted molar refractivity (Wildman–Crippen MR) is 68.4 cm³/mol. The van der Waals surface area contributed by atoms with Crippen LogP contribution >= 0.6 is 0 Å². The first-order valence-corrected chi connectivity index (χ1v) is 5.72. The van der Waals surface area contributed by atoms with Crippen LogP contribution in [-0.2, 0) is 4.74 Å². The first-order chi connectivity index (χ1) is 8.20. The van der Waals surface area contributed by atoms with Gasteiger partial charge < -0.3 is 9.47 Å². The van der Waals surface area contributed by atoms with Crippen LogP contribution in [0, 0.1) is 6.92 Å². The molecule has 0 aliphatic heterocycles. The third kappa shape index (κ3) is 2.74. The Hall–Kier alpha value is -1.61. The highest BCUT2D eigenvalue weighted by molar-refractivity contribution is 5.84. The molecular formula is C14H17NO2. The topological polar surface area (TPSA) is 31.4 Å². The minimum Gasteiger partial charge on any atom is -0.486 e. The highest BCUT2D eigenvalue weighted by Gasteiger charge is 2.08. The van der Waals surface area contributed by atoms with Gasteiger partial charge in [0.15, 0.2) is 0 Å². The van der Waals surface area contributed by atoms with Crippen LogP contribution in [0.3, 0.4) is 0 Å². The number of ether oxygens (including phenoxy) is 2. The average Bonchev–Trinajstić information content (AvgIpc) is 2.30. The standard InChI is InChI=1S/C14H17NO2/c1-10-7-8-12-5-4-6-13(14(12)15-10)17-11(2)9-16-3/h4-8,11H,9H2,1-3H3. The van der Waals surface area contributed by atoms with Gasteiger partial charge in [-0.2, -0.15) is 0 Å². The van der Waals surface area contributed by atoms with Crippen LogP contribution in [-0.4, -0.2) is 24.8 Å². The summed E-state index contributed by atoms with van der Waals surface area (Å²) in [6.45, 7) is 4.54. The fraction of sp³-hybridized carbons (Fsp3) is 0.357. The Morgan fingerprint density at radius 1 is 1.24 bits per heavy atom. The van der Waals surface area contributed by atoms with Crippen molar-refractivity contribution in [3.05, 3.63) is 36.0 Å². The van der Waals surface area contributed by atoms with E-state index in [4.69, 9.17) is 9.47 Å². The van der Waals surface area contributed by atoms with Crippen LogP contribution in [0.4, 0.5) is 0 Å². The molecule has 1 heterocycles. The molecule has 0 fully saturated rings. The molecule has 0 saturated carbocycles. The van der Waals surface area contributed by atoms with E-state index in [-0.39, 0.29) is 6.10 Å². The molecular weight excluding hydrogens is 214 g/mol. The molecule has 1 aromatic heterocycles. The minimum absolute atomic E-state index is 0.0212. The van der Waals surface area contributed by atoms with Gasteiger partial charge in [-0.05, 0) is 26.0 Å². The first kappa shape index (κ1) is 11.9. The van der Waals surface area contributed by atoms with Gasteiger partial charge in [-0.15, -0.1) is 0 Å². The second-order valence-corrected chi connectivity index (χ2v) is 4.16. The SMILES string of the molecule is COCC(C)Oc1cccc2ccc(C)nc12. The lowest BCUT2D eigenvalue weighted by Gasteiger charge is -2.15. The van der Waals surface area contributed by atoms with Gasteiger partial charge in [0.2, 0.25) is 0 Å². The number of rotatable bonds is 4. The van der Waals surface area contributed by atoms with Crippen molar-refractivity contribution >= 4 is 10.9 Å². The normalized spacial score (nSPS) is 12.6. The van der Waals surface area contributed by atoms with Crippen LogP contribution in [0.5, 0.6) is 5.75 Å². The zero-order chi connectivity index (χ0) is 12.3. The Labute approximate surface area is 101 Å². The monoisotopic (exact) mass is 231 g/mol. The third-order valence-corrected chi connectivity index (χ3v) is 2.55. The van der Waals surface area contributed by atoms with E-state index in [9.17, 15) is 0 Å². The van der Waals surface area contributed by atoms with Crippen molar-refractivity contribution in [3.63, 3.8) is 0 Å². The second kappa shape index (κ2) is 5.15. The van der Waals surface area contributed by atoms with Crippen LogP contribution in [0.1, 0.15) is 12.6 Å². The number of methoxy groups -OCH3 is 1. The summed E-state index contributed by atoms with van der Waals surface area (Å²) in [6, 6.07) is 10.0. The molecule has 3 heteroatoms. The molecule has 2 rings (SSSR count). The zero-order valence-electron chi connectivity index (χ0n) is 10.4. The van der Waals surface area contributed by atoms with Crippen molar-refractivity contribution < 1.29 is 9.47 Å². The Balaban J connectivity index is 2.36. The maximum Gasteiger partial charge on any atom is 0.146 e.